The minimum absolute atomic E-state index is 0.261. The average Bonchev–Trinajstić information content (AvgIpc) is 2.66. The molecule has 0 aromatic heterocycles. The van der Waals surface area contributed by atoms with Crippen molar-refractivity contribution >= 4 is 17.8 Å². The number of carbonyl (C=O) groups is 3. The largest absolute Gasteiger partial charge is 0.480 e. The first-order chi connectivity index (χ1) is 12.9. The molecule has 0 unspecified atom stereocenters. The molecule has 142 valence electrons. The van der Waals surface area contributed by atoms with Crippen LogP contribution in [0, 0.1) is 0 Å². The molecule has 0 radical (unpaired) electrons. The van der Waals surface area contributed by atoms with Crippen LogP contribution in [0.25, 0.3) is 0 Å². The monoisotopic (exact) mass is 370 g/mol. The Labute approximate surface area is 157 Å². The third kappa shape index (κ3) is 5.93. The number of benzene rings is 2. The van der Waals surface area contributed by atoms with Gasteiger partial charge in [0.1, 0.15) is 6.10 Å². The summed E-state index contributed by atoms with van der Waals surface area (Å²) in [5.74, 6) is -2.62. The number of amides is 1. The van der Waals surface area contributed by atoms with Gasteiger partial charge in [-0.2, -0.15) is 0 Å². The molecule has 0 saturated carbocycles. The van der Waals surface area contributed by atoms with E-state index < -0.39 is 36.0 Å². The van der Waals surface area contributed by atoms with Crippen LogP contribution >= 0.6 is 0 Å². The molecule has 0 saturated heterocycles. The molecule has 7 heteroatoms. The van der Waals surface area contributed by atoms with Crippen molar-refractivity contribution in [1.29, 1.82) is 0 Å². The molecule has 1 amide bonds. The predicted octanol–water partition coefficient (Wildman–Crippen LogP) is 1.37. The lowest BCUT2D eigenvalue weighted by Crippen LogP contribution is -2.54. The number of nitrogens with one attached hydrogen (secondary N) is 1. The van der Waals surface area contributed by atoms with Gasteiger partial charge in [0, 0.05) is 0 Å². The van der Waals surface area contributed by atoms with Crippen molar-refractivity contribution in [1.82, 2.24) is 5.32 Å². The Hall–Kier alpha value is -3.19. The SMILES string of the molecule is C[C@@H](OC(=O)c1ccccc1)[C@H](NC(=O)[C@@H](N)Cc1ccccc1)C(=O)O. The van der Waals surface area contributed by atoms with Gasteiger partial charge in [0.15, 0.2) is 6.04 Å². The standard InChI is InChI=1S/C20H22N2O5/c1-13(27-20(26)15-10-6-3-7-11-15)17(19(24)25)22-18(23)16(21)12-14-8-4-2-5-9-14/h2-11,13,16-17H,12,21H2,1H3,(H,22,23)(H,24,25)/t13-,16+,17+/m1/s1. The predicted molar refractivity (Wildman–Crippen MR) is 99.0 cm³/mol. The number of carboxylic acid groups (broad SMARTS) is 1. The molecule has 2 aromatic rings. The summed E-state index contributed by atoms with van der Waals surface area (Å²) in [4.78, 5) is 35.9. The number of carboxylic acids is 1. The maximum atomic E-state index is 12.3. The summed E-state index contributed by atoms with van der Waals surface area (Å²) in [6.45, 7) is 1.41. The van der Waals surface area contributed by atoms with Gasteiger partial charge in [0.05, 0.1) is 11.6 Å². The van der Waals surface area contributed by atoms with Crippen LogP contribution < -0.4 is 11.1 Å². The van der Waals surface area contributed by atoms with Gasteiger partial charge in [-0.25, -0.2) is 9.59 Å². The van der Waals surface area contributed by atoms with Crippen LogP contribution in [-0.2, 0) is 20.7 Å². The number of hydrogen-bond acceptors (Lipinski definition) is 5. The molecule has 0 heterocycles. The molecule has 3 atom stereocenters. The Morgan fingerprint density at radius 1 is 1.04 bits per heavy atom. The Bertz CT molecular complexity index is 779. The lowest BCUT2D eigenvalue weighted by molar-refractivity contribution is -0.145. The first-order valence-corrected chi connectivity index (χ1v) is 8.47. The van der Waals surface area contributed by atoms with Crippen LogP contribution in [-0.4, -0.2) is 41.1 Å². The third-order valence-electron chi connectivity index (χ3n) is 3.97. The molecule has 0 aliphatic carbocycles. The van der Waals surface area contributed by atoms with E-state index in [4.69, 9.17) is 10.5 Å². The maximum absolute atomic E-state index is 12.3. The van der Waals surface area contributed by atoms with Gasteiger partial charge in [-0.3, -0.25) is 4.79 Å². The van der Waals surface area contributed by atoms with Gasteiger partial charge in [-0.1, -0.05) is 48.5 Å². The highest BCUT2D eigenvalue weighted by molar-refractivity contribution is 5.90. The fraction of sp³-hybridized carbons (Fsp3) is 0.250. The fourth-order valence-electron chi connectivity index (χ4n) is 2.48. The van der Waals surface area contributed by atoms with E-state index in [1.54, 1.807) is 30.3 Å². The zero-order valence-corrected chi connectivity index (χ0v) is 14.9. The normalized spacial score (nSPS) is 13.9. The van der Waals surface area contributed by atoms with Gasteiger partial charge in [0.2, 0.25) is 5.91 Å². The number of ether oxygens (including phenoxy) is 1. The first kappa shape index (κ1) is 20.1. The molecular formula is C20H22N2O5. The number of esters is 1. The Morgan fingerprint density at radius 2 is 1.59 bits per heavy atom. The zero-order chi connectivity index (χ0) is 19.8. The van der Waals surface area contributed by atoms with E-state index >= 15 is 0 Å². The van der Waals surface area contributed by atoms with Crippen molar-refractivity contribution in [3.8, 4) is 0 Å². The van der Waals surface area contributed by atoms with Crippen LogP contribution in [0.5, 0.6) is 0 Å². The summed E-state index contributed by atoms with van der Waals surface area (Å²) in [6.07, 6.45) is -0.819. The minimum atomic E-state index is -1.41. The number of rotatable bonds is 8. The Kier molecular flexibility index (Phi) is 7.08. The molecule has 2 aromatic carbocycles. The van der Waals surface area contributed by atoms with Crippen molar-refractivity contribution < 1.29 is 24.2 Å². The molecule has 0 fully saturated rings. The number of nitrogens with two attached hydrogens (primary N) is 1. The van der Waals surface area contributed by atoms with E-state index in [9.17, 15) is 19.5 Å². The smallest absolute Gasteiger partial charge is 0.338 e. The Morgan fingerprint density at radius 3 is 2.15 bits per heavy atom. The lowest BCUT2D eigenvalue weighted by Gasteiger charge is -2.23. The summed E-state index contributed by atoms with van der Waals surface area (Å²) < 4.78 is 5.18. The molecule has 4 N–H and O–H groups in total. The second-order valence-electron chi connectivity index (χ2n) is 6.10. The van der Waals surface area contributed by atoms with Gasteiger partial charge >= 0.3 is 11.9 Å². The van der Waals surface area contributed by atoms with Crippen molar-refractivity contribution in [3.05, 3.63) is 71.8 Å². The molecule has 2 rings (SSSR count). The second kappa shape index (κ2) is 9.49. The summed E-state index contributed by atoms with van der Waals surface area (Å²) in [5.41, 5.74) is 7.03. The van der Waals surface area contributed by atoms with Crippen molar-refractivity contribution in [2.45, 2.75) is 31.5 Å². The summed E-state index contributed by atoms with van der Waals surface area (Å²) >= 11 is 0. The van der Waals surface area contributed by atoms with Crippen LogP contribution in [0.2, 0.25) is 0 Å². The second-order valence-corrected chi connectivity index (χ2v) is 6.10. The quantitative estimate of drug-likeness (QED) is 0.604. The van der Waals surface area contributed by atoms with Crippen LogP contribution in [0.15, 0.2) is 60.7 Å². The van der Waals surface area contributed by atoms with Crippen molar-refractivity contribution in [2.24, 2.45) is 5.73 Å². The molecular weight excluding hydrogens is 348 g/mol. The topological polar surface area (TPSA) is 119 Å². The van der Waals surface area contributed by atoms with Crippen molar-refractivity contribution in [2.75, 3.05) is 0 Å². The Balaban J connectivity index is 1.98. The van der Waals surface area contributed by atoms with Crippen LogP contribution in [0.3, 0.4) is 0 Å². The number of carbonyl (C=O) groups excluding carboxylic acids is 2. The molecule has 27 heavy (non-hydrogen) atoms. The minimum Gasteiger partial charge on any atom is -0.480 e. The molecule has 0 aliphatic heterocycles. The van der Waals surface area contributed by atoms with Gasteiger partial charge in [0.25, 0.3) is 0 Å². The van der Waals surface area contributed by atoms with E-state index in [1.165, 1.54) is 6.92 Å². The van der Waals surface area contributed by atoms with E-state index in [0.29, 0.717) is 5.56 Å². The van der Waals surface area contributed by atoms with Crippen LogP contribution in [0.1, 0.15) is 22.8 Å². The van der Waals surface area contributed by atoms with E-state index in [2.05, 4.69) is 5.32 Å². The van der Waals surface area contributed by atoms with E-state index in [-0.39, 0.29) is 6.42 Å². The average molecular weight is 370 g/mol. The lowest BCUT2D eigenvalue weighted by atomic mass is 10.1. The summed E-state index contributed by atoms with van der Waals surface area (Å²) in [5, 5.41) is 11.8. The summed E-state index contributed by atoms with van der Waals surface area (Å²) in [7, 11) is 0. The van der Waals surface area contributed by atoms with Gasteiger partial charge < -0.3 is 20.9 Å². The first-order valence-electron chi connectivity index (χ1n) is 8.47. The summed E-state index contributed by atoms with van der Waals surface area (Å²) in [6, 6.07) is 15.0. The third-order valence-corrected chi connectivity index (χ3v) is 3.97. The fourth-order valence-corrected chi connectivity index (χ4v) is 2.48. The van der Waals surface area contributed by atoms with E-state index in [0.717, 1.165) is 5.56 Å². The van der Waals surface area contributed by atoms with Gasteiger partial charge in [-0.15, -0.1) is 0 Å². The molecule has 0 aliphatic rings. The van der Waals surface area contributed by atoms with Crippen LogP contribution in [0.4, 0.5) is 0 Å². The molecule has 0 spiro atoms. The zero-order valence-electron chi connectivity index (χ0n) is 14.9. The number of hydrogen-bond donors (Lipinski definition) is 3. The number of aliphatic carboxylic acids is 1. The van der Waals surface area contributed by atoms with Gasteiger partial charge in [-0.05, 0) is 31.0 Å². The maximum Gasteiger partial charge on any atom is 0.338 e. The highest BCUT2D eigenvalue weighted by Crippen LogP contribution is 2.08. The van der Waals surface area contributed by atoms with Crippen molar-refractivity contribution in [3.63, 3.8) is 0 Å². The highest BCUT2D eigenvalue weighted by Gasteiger charge is 2.31. The molecule has 7 nitrogen and oxygen atoms in total. The highest BCUT2D eigenvalue weighted by atomic mass is 16.5. The van der Waals surface area contributed by atoms with E-state index in [1.807, 2.05) is 30.3 Å². The molecule has 0 bridgehead atoms.